The molecule has 0 saturated heterocycles. The van der Waals surface area contributed by atoms with Gasteiger partial charge in [0, 0.05) is 22.0 Å². The van der Waals surface area contributed by atoms with Crippen LogP contribution in [-0.4, -0.2) is 26.1 Å². The Bertz CT molecular complexity index is 1060. The molecule has 26 heavy (non-hydrogen) atoms. The van der Waals surface area contributed by atoms with Gasteiger partial charge in [-0.2, -0.15) is 5.10 Å². The summed E-state index contributed by atoms with van der Waals surface area (Å²) in [5, 5.41) is 12.6. The summed E-state index contributed by atoms with van der Waals surface area (Å²) in [7, 11) is 0. The van der Waals surface area contributed by atoms with E-state index >= 15 is 0 Å². The van der Waals surface area contributed by atoms with Crippen LogP contribution in [0, 0.1) is 6.92 Å². The van der Waals surface area contributed by atoms with E-state index in [4.69, 9.17) is 4.74 Å². The van der Waals surface area contributed by atoms with E-state index < -0.39 is 0 Å². The van der Waals surface area contributed by atoms with Gasteiger partial charge in [0.1, 0.15) is 12.4 Å². The predicted octanol–water partition coefficient (Wildman–Crippen LogP) is 3.55. The average Bonchev–Trinajstić information content (AvgIpc) is 3.30. The first-order chi connectivity index (χ1) is 12.7. The number of anilines is 1. The number of H-pyrrole nitrogens is 1. The zero-order chi connectivity index (χ0) is 17.9. The van der Waals surface area contributed by atoms with Crippen LogP contribution in [0.2, 0.25) is 0 Å². The Kier molecular flexibility index (Phi) is 4.32. The van der Waals surface area contributed by atoms with E-state index in [0.29, 0.717) is 29.3 Å². The fourth-order valence-corrected chi connectivity index (χ4v) is 3.03. The maximum atomic E-state index is 12.5. The van der Waals surface area contributed by atoms with Crippen molar-refractivity contribution in [3.05, 3.63) is 64.4 Å². The molecule has 1 amide bonds. The summed E-state index contributed by atoms with van der Waals surface area (Å²) in [6, 6.07) is 8.89. The average molecular weight is 365 g/mol. The Morgan fingerprint density at radius 2 is 2.23 bits per heavy atom. The van der Waals surface area contributed by atoms with Crippen LogP contribution in [0.15, 0.2) is 47.4 Å². The van der Waals surface area contributed by atoms with Crippen molar-refractivity contribution in [2.75, 3.05) is 5.32 Å². The number of aryl methyl sites for hydroxylation is 1. The number of aromatic nitrogens is 4. The van der Waals surface area contributed by atoms with Crippen LogP contribution >= 0.6 is 11.3 Å². The van der Waals surface area contributed by atoms with Gasteiger partial charge in [-0.3, -0.25) is 9.89 Å². The number of pyridine rings is 1. The van der Waals surface area contributed by atoms with Gasteiger partial charge in [-0.25, -0.2) is 9.97 Å². The molecule has 130 valence electrons. The van der Waals surface area contributed by atoms with E-state index in [9.17, 15) is 4.79 Å². The lowest BCUT2D eigenvalue weighted by molar-refractivity contribution is 0.102. The van der Waals surface area contributed by atoms with Gasteiger partial charge in [-0.05, 0) is 31.2 Å². The molecular weight excluding hydrogens is 350 g/mol. The molecule has 0 bridgehead atoms. The van der Waals surface area contributed by atoms with E-state index in [1.807, 2.05) is 24.4 Å². The molecule has 0 aliphatic heterocycles. The molecule has 0 radical (unpaired) electrons. The van der Waals surface area contributed by atoms with Crippen molar-refractivity contribution in [2.45, 2.75) is 13.5 Å². The molecule has 4 aromatic rings. The van der Waals surface area contributed by atoms with Crippen molar-refractivity contribution in [2.24, 2.45) is 0 Å². The minimum atomic E-state index is -0.230. The second-order valence-electron chi connectivity index (χ2n) is 5.69. The molecule has 0 unspecified atom stereocenters. The molecule has 0 spiro atoms. The number of nitrogens with one attached hydrogen (secondary N) is 2. The molecule has 0 saturated carbocycles. The number of nitrogens with zero attached hydrogens (tertiary/aromatic N) is 3. The minimum Gasteiger partial charge on any atom is -0.487 e. The first kappa shape index (κ1) is 16.2. The summed E-state index contributed by atoms with van der Waals surface area (Å²) in [5.74, 6) is 0.385. The van der Waals surface area contributed by atoms with Crippen LogP contribution in [-0.2, 0) is 6.61 Å². The van der Waals surface area contributed by atoms with E-state index in [0.717, 1.165) is 16.8 Å². The fourth-order valence-electron chi connectivity index (χ4n) is 2.48. The summed E-state index contributed by atoms with van der Waals surface area (Å²) >= 11 is 1.52. The molecular formula is C18H15N5O2S. The second-order valence-corrected chi connectivity index (χ2v) is 6.41. The number of aromatic amines is 1. The standard InChI is InChI=1S/C18H15N5O2S/c1-11-16-6-13(7-19-17(16)23-22-11)21-18(24)12-3-2-4-15(5-12)25-8-14-9-26-10-20-14/h2-7,9-10H,8H2,1H3,(H,21,24)(H,19,22,23). The van der Waals surface area contributed by atoms with Gasteiger partial charge in [0.2, 0.25) is 0 Å². The number of fused-ring (bicyclic) bond motifs is 1. The highest BCUT2D eigenvalue weighted by Crippen LogP contribution is 2.20. The van der Waals surface area contributed by atoms with E-state index in [2.05, 4.69) is 25.5 Å². The quantitative estimate of drug-likeness (QED) is 0.564. The molecule has 4 rings (SSSR count). The highest BCUT2D eigenvalue weighted by Gasteiger charge is 2.10. The molecule has 7 nitrogen and oxygen atoms in total. The van der Waals surface area contributed by atoms with Gasteiger partial charge in [0.05, 0.1) is 23.1 Å². The number of rotatable bonds is 5. The Morgan fingerprint density at radius 1 is 1.31 bits per heavy atom. The van der Waals surface area contributed by atoms with Crippen molar-refractivity contribution < 1.29 is 9.53 Å². The van der Waals surface area contributed by atoms with Crippen LogP contribution < -0.4 is 10.1 Å². The molecule has 3 aromatic heterocycles. The van der Waals surface area contributed by atoms with Crippen molar-refractivity contribution in [3.8, 4) is 5.75 Å². The van der Waals surface area contributed by atoms with Crippen LogP contribution in [0.3, 0.4) is 0 Å². The maximum absolute atomic E-state index is 12.5. The highest BCUT2D eigenvalue weighted by molar-refractivity contribution is 7.07. The van der Waals surface area contributed by atoms with E-state index in [-0.39, 0.29) is 5.91 Å². The molecule has 2 N–H and O–H groups in total. The number of hydrogen-bond donors (Lipinski definition) is 2. The molecule has 3 heterocycles. The minimum absolute atomic E-state index is 0.230. The smallest absolute Gasteiger partial charge is 0.255 e. The second kappa shape index (κ2) is 6.93. The zero-order valence-corrected chi connectivity index (χ0v) is 14.7. The number of thiazole rings is 1. The Labute approximate surface area is 153 Å². The van der Waals surface area contributed by atoms with Gasteiger partial charge in [0.25, 0.3) is 5.91 Å². The molecule has 0 fully saturated rings. The first-order valence-electron chi connectivity index (χ1n) is 7.91. The lowest BCUT2D eigenvalue weighted by Gasteiger charge is -2.08. The van der Waals surface area contributed by atoms with E-state index in [1.165, 1.54) is 11.3 Å². The van der Waals surface area contributed by atoms with Crippen molar-refractivity contribution in [3.63, 3.8) is 0 Å². The van der Waals surface area contributed by atoms with E-state index in [1.54, 1.807) is 29.9 Å². The highest BCUT2D eigenvalue weighted by atomic mass is 32.1. The van der Waals surface area contributed by atoms with Crippen LogP contribution in [0.25, 0.3) is 11.0 Å². The van der Waals surface area contributed by atoms with Crippen LogP contribution in [0.1, 0.15) is 21.7 Å². The van der Waals surface area contributed by atoms with Gasteiger partial charge < -0.3 is 10.1 Å². The Hall–Kier alpha value is -3.26. The third-order valence-electron chi connectivity index (χ3n) is 3.82. The molecule has 0 atom stereocenters. The first-order valence-corrected chi connectivity index (χ1v) is 8.85. The van der Waals surface area contributed by atoms with Gasteiger partial charge in [-0.15, -0.1) is 11.3 Å². The largest absolute Gasteiger partial charge is 0.487 e. The SMILES string of the molecule is Cc1[nH]nc2ncc(NC(=O)c3cccc(OCc4cscn4)c3)cc12. The topological polar surface area (TPSA) is 92.8 Å². The number of hydrogen-bond acceptors (Lipinski definition) is 6. The number of carbonyl (C=O) groups excluding carboxylic acids is 1. The van der Waals surface area contributed by atoms with Crippen LogP contribution in [0.4, 0.5) is 5.69 Å². The van der Waals surface area contributed by atoms with Crippen molar-refractivity contribution in [1.82, 2.24) is 20.2 Å². The number of ether oxygens (including phenoxy) is 1. The summed E-state index contributed by atoms with van der Waals surface area (Å²) in [6.45, 7) is 2.28. The zero-order valence-electron chi connectivity index (χ0n) is 13.9. The van der Waals surface area contributed by atoms with Gasteiger partial charge in [0.15, 0.2) is 5.65 Å². The summed E-state index contributed by atoms with van der Waals surface area (Å²) in [6.07, 6.45) is 1.59. The van der Waals surface area contributed by atoms with Crippen molar-refractivity contribution in [1.29, 1.82) is 0 Å². The third-order valence-corrected chi connectivity index (χ3v) is 4.46. The third kappa shape index (κ3) is 3.40. The maximum Gasteiger partial charge on any atom is 0.255 e. The predicted molar refractivity (Wildman–Crippen MR) is 99.5 cm³/mol. The Morgan fingerprint density at radius 3 is 3.08 bits per heavy atom. The lowest BCUT2D eigenvalue weighted by Crippen LogP contribution is -2.12. The van der Waals surface area contributed by atoms with Crippen molar-refractivity contribution >= 4 is 34.0 Å². The lowest BCUT2D eigenvalue weighted by atomic mass is 10.2. The number of carbonyl (C=O) groups is 1. The summed E-state index contributed by atoms with van der Waals surface area (Å²) in [4.78, 5) is 20.9. The molecule has 0 aliphatic carbocycles. The monoisotopic (exact) mass is 365 g/mol. The summed E-state index contributed by atoms with van der Waals surface area (Å²) < 4.78 is 5.69. The van der Waals surface area contributed by atoms with Crippen LogP contribution in [0.5, 0.6) is 5.75 Å². The fraction of sp³-hybridized carbons (Fsp3) is 0.111. The normalized spacial score (nSPS) is 10.8. The summed E-state index contributed by atoms with van der Waals surface area (Å²) in [5.41, 5.74) is 5.26. The molecule has 1 aromatic carbocycles. The molecule has 0 aliphatic rings. The van der Waals surface area contributed by atoms with Gasteiger partial charge >= 0.3 is 0 Å². The molecule has 8 heteroatoms. The van der Waals surface area contributed by atoms with Gasteiger partial charge in [-0.1, -0.05) is 6.07 Å². The number of amides is 1. The Balaban J connectivity index is 1.48. The number of benzene rings is 1.